The Labute approximate surface area is 126 Å². The number of phenolic OH excluding ortho intramolecular Hbond substituents is 1. The molecule has 1 heterocycles. The molecule has 0 unspecified atom stereocenters. The van der Waals surface area contributed by atoms with Gasteiger partial charge in [0.15, 0.2) is 0 Å². The van der Waals surface area contributed by atoms with E-state index < -0.39 is 0 Å². The summed E-state index contributed by atoms with van der Waals surface area (Å²) in [5.41, 5.74) is 2.28. The summed E-state index contributed by atoms with van der Waals surface area (Å²) in [5.74, 6) is 0.607. The molecule has 1 aliphatic rings. The highest BCUT2D eigenvalue weighted by Crippen LogP contribution is 2.34. The van der Waals surface area contributed by atoms with Crippen molar-refractivity contribution >= 4 is 5.91 Å². The fourth-order valence-corrected chi connectivity index (χ4v) is 2.64. The molecule has 1 aliphatic heterocycles. The number of amides is 1. The van der Waals surface area contributed by atoms with Crippen molar-refractivity contribution < 1.29 is 15.0 Å². The smallest absolute Gasteiger partial charge is 0.257 e. The van der Waals surface area contributed by atoms with E-state index in [1.165, 1.54) is 0 Å². The van der Waals surface area contributed by atoms with Crippen molar-refractivity contribution in [2.45, 2.75) is 39.5 Å². The van der Waals surface area contributed by atoms with E-state index in [9.17, 15) is 9.90 Å². The van der Waals surface area contributed by atoms with Crippen LogP contribution in [0.1, 0.15) is 61.0 Å². The first-order chi connectivity index (χ1) is 9.85. The van der Waals surface area contributed by atoms with Gasteiger partial charge in [0.25, 0.3) is 5.91 Å². The fourth-order valence-electron chi connectivity index (χ4n) is 2.64. The SMILES string of the molecule is CC(C)c1cc(C(=O)N2CC(CO)C2)c(O)c(C(C)C)c1. The molecule has 1 saturated heterocycles. The van der Waals surface area contributed by atoms with Crippen molar-refractivity contribution in [3.63, 3.8) is 0 Å². The number of aliphatic hydroxyl groups excluding tert-OH is 1. The zero-order valence-electron chi connectivity index (χ0n) is 13.3. The number of likely N-dealkylation sites (tertiary alicyclic amines) is 1. The minimum atomic E-state index is -0.137. The normalized spacial score (nSPS) is 15.7. The summed E-state index contributed by atoms with van der Waals surface area (Å²) < 4.78 is 0. The van der Waals surface area contributed by atoms with Gasteiger partial charge in [0.1, 0.15) is 5.75 Å². The van der Waals surface area contributed by atoms with Crippen LogP contribution in [0.2, 0.25) is 0 Å². The van der Waals surface area contributed by atoms with Crippen LogP contribution in [0.5, 0.6) is 5.75 Å². The molecule has 21 heavy (non-hydrogen) atoms. The lowest BCUT2D eigenvalue weighted by Crippen LogP contribution is -2.51. The third-order valence-corrected chi connectivity index (χ3v) is 4.18. The van der Waals surface area contributed by atoms with E-state index in [2.05, 4.69) is 13.8 Å². The second-order valence-corrected chi connectivity index (χ2v) is 6.57. The molecular weight excluding hydrogens is 266 g/mol. The van der Waals surface area contributed by atoms with E-state index in [0.717, 1.165) is 11.1 Å². The van der Waals surface area contributed by atoms with E-state index in [1.807, 2.05) is 19.9 Å². The first kappa shape index (κ1) is 15.8. The third kappa shape index (κ3) is 3.05. The van der Waals surface area contributed by atoms with Crippen molar-refractivity contribution in [2.24, 2.45) is 5.92 Å². The van der Waals surface area contributed by atoms with E-state index in [1.54, 1.807) is 11.0 Å². The quantitative estimate of drug-likeness (QED) is 0.896. The van der Waals surface area contributed by atoms with Gasteiger partial charge in [-0.15, -0.1) is 0 Å². The Bertz CT molecular complexity index is 531. The second kappa shape index (κ2) is 6.06. The van der Waals surface area contributed by atoms with Crippen LogP contribution in [-0.2, 0) is 0 Å². The molecule has 2 rings (SSSR count). The minimum absolute atomic E-state index is 0.104. The molecule has 0 atom stereocenters. The number of aliphatic hydroxyl groups is 1. The summed E-state index contributed by atoms with van der Waals surface area (Å²) in [5, 5.41) is 19.5. The maximum absolute atomic E-state index is 12.5. The summed E-state index contributed by atoms with van der Waals surface area (Å²) >= 11 is 0. The Morgan fingerprint density at radius 2 is 1.86 bits per heavy atom. The molecule has 0 radical (unpaired) electrons. The van der Waals surface area contributed by atoms with Crippen molar-refractivity contribution in [3.8, 4) is 5.75 Å². The average molecular weight is 291 g/mol. The van der Waals surface area contributed by atoms with Crippen LogP contribution in [0.25, 0.3) is 0 Å². The van der Waals surface area contributed by atoms with Gasteiger partial charge in [-0.1, -0.05) is 33.8 Å². The molecule has 0 bridgehead atoms. The number of carbonyl (C=O) groups is 1. The highest BCUT2D eigenvalue weighted by Gasteiger charge is 2.32. The Hall–Kier alpha value is -1.55. The lowest BCUT2D eigenvalue weighted by Gasteiger charge is -2.38. The highest BCUT2D eigenvalue weighted by molar-refractivity contribution is 5.98. The van der Waals surface area contributed by atoms with Gasteiger partial charge >= 0.3 is 0 Å². The first-order valence-corrected chi connectivity index (χ1v) is 7.62. The number of phenols is 1. The van der Waals surface area contributed by atoms with Gasteiger partial charge in [0.05, 0.1) is 5.56 Å². The summed E-state index contributed by atoms with van der Waals surface area (Å²) in [4.78, 5) is 14.2. The highest BCUT2D eigenvalue weighted by atomic mass is 16.3. The van der Waals surface area contributed by atoms with Gasteiger partial charge in [-0.25, -0.2) is 0 Å². The minimum Gasteiger partial charge on any atom is -0.507 e. The van der Waals surface area contributed by atoms with Crippen LogP contribution in [0.3, 0.4) is 0 Å². The summed E-state index contributed by atoms with van der Waals surface area (Å²) in [6.07, 6.45) is 0. The van der Waals surface area contributed by atoms with Crippen LogP contribution in [0.4, 0.5) is 0 Å². The van der Waals surface area contributed by atoms with Crippen LogP contribution < -0.4 is 0 Å². The van der Waals surface area contributed by atoms with Crippen molar-refractivity contribution in [1.82, 2.24) is 4.90 Å². The molecule has 0 aliphatic carbocycles. The molecule has 4 heteroatoms. The second-order valence-electron chi connectivity index (χ2n) is 6.57. The van der Waals surface area contributed by atoms with Crippen LogP contribution in [0.15, 0.2) is 12.1 Å². The monoisotopic (exact) mass is 291 g/mol. The van der Waals surface area contributed by atoms with Gasteiger partial charge in [0.2, 0.25) is 0 Å². The molecule has 0 saturated carbocycles. The van der Waals surface area contributed by atoms with Gasteiger partial charge in [-0.2, -0.15) is 0 Å². The van der Waals surface area contributed by atoms with Gasteiger partial charge in [-0.05, 0) is 29.0 Å². The summed E-state index contributed by atoms with van der Waals surface area (Å²) in [6, 6.07) is 3.80. The number of nitrogens with zero attached hydrogens (tertiary/aromatic N) is 1. The number of benzene rings is 1. The number of rotatable bonds is 4. The first-order valence-electron chi connectivity index (χ1n) is 7.62. The molecule has 4 nitrogen and oxygen atoms in total. The van der Waals surface area contributed by atoms with Gasteiger partial charge < -0.3 is 15.1 Å². The van der Waals surface area contributed by atoms with E-state index in [4.69, 9.17) is 5.11 Å². The van der Waals surface area contributed by atoms with Crippen molar-refractivity contribution in [3.05, 3.63) is 28.8 Å². The number of carbonyl (C=O) groups excluding carboxylic acids is 1. The molecule has 0 spiro atoms. The summed E-state index contributed by atoms with van der Waals surface area (Å²) in [7, 11) is 0. The van der Waals surface area contributed by atoms with Crippen molar-refractivity contribution in [1.29, 1.82) is 0 Å². The van der Waals surface area contributed by atoms with E-state index >= 15 is 0 Å². The maximum atomic E-state index is 12.5. The van der Waals surface area contributed by atoms with Crippen molar-refractivity contribution in [2.75, 3.05) is 19.7 Å². The summed E-state index contributed by atoms with van der Waals surface area (Å²) in [6.45, 7) is 9.43. The van der Waals surface area contributed by atoms with Crippen LogP contribution >= 0.6 is 0 Å². The van der Waals surface area contributed by atoms with Gasteiger partial charge in [-0.3, -0.25) is 4.79 Å². The van der Waals surface area contributed by atoms with Gasteiger partial charge in [0, 0.05) is 25.6 Å². The molecule has 1 fully saturated rings. The average Bonchev–Trinajstić information content (AvgIpc) is 2.36. The molecule has 1 amide bonds. The number of aromatic hydroxyl groups is 1. The van der Waals surface area contributed by atoms with E-state index in [0.29, 0.717) is 24.6 Å². The Morgan fingerprint density at radius 1 is 1.24 bits per heavy atom. The molecule has 1 aromatic carbocycles. The standard InChI is InChI=1S/C17H25NO3/c1-10(2)13-5-14(11(3)4)16(20)15(6-13)17(21)18-7-12(8-18)9-19/h5-6,10-12,19-20H,7-9H2,1-4H3. The largest absolute Gasteiger partial charge is 0.507 e. The fraction of sp³-hybridized carbons (Fsp3) is 0.588. The zero-order chi connectivity index (χ0) is 15.7. The number of hydrogen-bond donors (Lipinski definition) is 2. The Balaban J connectivity index is 2.36. The zero-order valence-corrected chi connectivity index (χ0v) is 13.3. The maximum Gasteiger partial charge on any atom is 0.257 e. The van der Waals surface area contributed by atoms with E-state index in [-0.39, 0.29) is 30.1 Å². The topological polar surface area (TPSA) is 60.8 Å². The predicted octanol–water partition coefficient (Wildman–Crippen LogP) is 2.70. The van der Waals surface area contributed by atoms with Crippen LogP contribution in [-0.4, -0.2) is 40.7 Å². The Kier molecular flexibility index (Phi) is 4.57. The third-order valence-electron chi connectivity index (χ3n) is 4.18. The number of hydrogen-bond acceptors (Lipinski definition) is 3. The molecular formula is C17H25NO3. The molecule has 0 aromatic heterocycles. The Morgan fingerprint density at radius 3 is 2.33 bits per heavy atom. The molecule has 1 aromatic rings. The molecule has 116 valence electrons. The van der Waals surface area contributed by atoms with Crippen LogP contribution in [0, 0.1) is 5.92 Å². The lowest BCUT2D eigenvalue weighted by molar-refractivity contribution is 0.0359. The molecule has 2 N–H and O–H groups in total. The predicted molar refractivity (Wildman–Crippen MR) is 82.8 cm³/mol. The lowest BCUT2D eigenvalue weighted by atomic mass is 9.90.